The van der Waals surface area contributed by atoms with Gasteiger partial charge in [-0.25, -0.2) is 9.59 Å². The molecule has 2 amide bonds. The van der Waals surface area contributed by atoms with E-state index in [4.69, 9.17) is 5.11 Å². The third-order valence-corrected chi connectivity index (χ3v) is 4.05. The summed E-state index contributed by atoms with van der Waals surface area (Å²) in [6.45, 7) is 6.73. The fourth-order valence-corrected chi connectivity index (χ4v) is 2.86. The van der Waals surface area contributed by atoms with E-state index in [1.807, 2.05) is 4.90 Å². The number of likely N-dealkylation sites (tertiary alicyclic amines) is 1. The van der Waals surface area contributed by atoms with Gasteiger partial charge in [-0.1, -0.05) is 19.9 Å². The van der Waals surface area contributed by atoms with Crippen LogP contribution in [-0.4, -0.2) is 34.6 Å². The number of benzene rings is 1. The molecule has 2 rings (SSSR count). The number of nitrogens with zero attached hydrogens (tertiary/aromatic N) is 1. The summed E-state index contributed by atoms with van der Waals surface area (Å²) in [7, 11) is 0. The van der Waals surface area contributed by atoms with Crippen LogP contribution >= 0.6 is 0 Å². The second-order valence-electron chi connectivity index (χ2n) is 5.91. The van der Waals surface area contributed by atoms with Crippen LogP contribution in [0.15, 0.2) is 18.2 Å². The molecule has 0 aliphatic carbocycles. The van der Waals surface area contributed by atoms with Crippen LogP contribution in [-0.2, 0) is 0 Å². The normalized spacial score (nSPS) is 18.1. The number of hydrogen-bond donors (Lipinski definition) is 2. The highest BCUT2D eigenvalue weighted by Gasteiger charge is 2.30. The van der Waals surface area contributed by atoms with Crippen molar-refractivity contribution in [2.45, 2.75) is 39.7 Å². The van der Waals surface area contributed by atoms with Crippen molar-refractivity contribution in [2.24, 2.45) is 5.92 Å². The fourth-order valence-electron chi connectivity index (χ4n) is 2.86. The van der Waals surface area contributed by atoms with Crippen molar-refractivity contribution in [3.63, 3.8) is 0 Å². The van der Waals surface area contributed by atoms with E-state index >= 15 is 0 Å². The first-order valence-electron chi connectivity index (χ1n) is 7.31. The highest BCUT2D eigenvalue weighted by atomic mass is 16.4. The lowest BCUT2D eigenvalue weighted by Crippen LogP contribution is -2.41. The monoisotopic (exact) mass is 290 g/mol. The number of carboxylic acids is 1. The molecule has 1 aliphatic rings. The van der Waals surface area contributed by atoms with Crippen LogP contribution in [0.25, 0.3) is 0 Å². The highest BCUT2D eigenvalue weighted by molar-refractivity contribution is 5.94. The molecule has 0 saturated carbocycles. The van der Waals surface area contributed by atoms with E-state index in [1.165, 1.54) is 6.07 Å². The third kappa shape index (κ3) is 3.35. The predicted molar refractivity (Wildman–Crippen MR) is 81.7 cm³/mol. The molecule has 1 fully saturated rings. The molecule has 1 atom stereocenters. The minimum atomic E-state index is -0.982. The summed E-state index contributed by atoms with van der Waals surface area (Å²) in [5, 5.41) is 11.9. The summed E-state index contributed by atoms with van der Waals surface area (Å²) in [4.78, 5) is 25.3. The molecule has 0 bridgehead atoms. The maximum absolute atomic E-state index is 12.4. The molecule has 1 aromatic rings. The van der Waals surface area contributed by atoms with Crippen LogP contribution in [0.1, 0.15) is 42.6 Å². The topological polar surface area (TPSA) is 69.6 Å². The molecule has 5 heteroatoms. The Balaban J connectivity index is 2.13. The molecule has 0 aromatic heterocycles. The Morgan fingerprint density at radius 1 is 1.38 bits per heavy atom. The first-order valence-corrected chi connectivity index (χ1v) is 7.31. The number of carbonyl (C=O) groups is 2. The number of carboxylic acid groups (broad SMARTS) is 1. The maximum Gasteiger partial charge on any atom is 0.336 e. The summed E-state index contributed by atoms with van der Waals surface area (Å²) < 4.78 is 0. The van der Waals surface area contributed by atoms with Crippen LogP contribution in [0.4, 0.5) is 10.5 Å². The number of aryl methyl sites for hydroxylation is 1. The largest absolute Gasteiger partial charge is 0.478 e. The number of amides is 2. The molecule has 21 heavy (non-hydrogen) atoms. The number of urea groups is 1. The van der Waals surface area contributed by atoms with Gasteiger partial charge in [0.2, 0.25) is 0 Å². The Bertz CT molecular complexity index is 554. The molecule has 0 radical (unpaired) electrons. The van der Waals surface area contributed by atoms with Crippen molar-refractivity contribution in [3.05, 3.63) is 29.3 Å². The standard InChI is InChI=1S/C16H22N2O3/c1-10(2)14-5-4-8-18(14)16(21)17-12-7-6-11(3)13(9-12)15(19)20/h6-7,9-10,14H,4-5,8H2,1-3H3,(H,17,21)(H,19,20). The average Bonchev–Trinajstić information content (AvgIpc) is 2.90. The first-order chi connectivity index (χ1) is 9.90. The van der Waals surface area contributed by atoms with Gasteiger partial charge in [-0.2, -0.15) is 0 Å². The van der Waals surface area contributed by atoms with Crippen molar-refractivity contribution >= 4 is 17.7 Å². The van der Waals surface area contributed by atoms with Crippen molar-refractivity contribution in [3.8, 4) is 0 Å². The molecular formula is C16H22N2O3. The number of carbonyl (C=O) groups excluding carboxylic acids is 1. The van der Waals surface area contributed by atoms with Crippen molar-refractivity contribution in [1.82, 2.24) is 4.90 Å². The molecular weight excluding hydrogens is 268 g/mol. The predicted octanol–water partition coefficient (Wildman–Crippen LogP) is 3.35. The number of rotatable bonds is 3. The average molecular weight is 290 g/mol. The zero-order valence-electron chi connectivity index (χ0n) is 12.7. The van der Waals surface area contributed by atoms with Crippen LogP contribution in [0, 0.1) is 12.8 Å². The number of aromatic carboxylic acids is 1. The summed E-state index contributed by atoms with van der Waals surface area (Å²) in [6.07, 6.45) is 2.05. The van der Waals surface area contributed by atoms with Gasteiger partial charge in [0, 0.05) is 18.3 Å². The third-order valence-electron chi connectivity index (χ3n) is 4.05. The van der Waals surface area contributed by atoms with E-state index in [-0.39, 0.29) is 17.6 Å². The molecule has 5 nitrogen and oxygen atoms in total. The van der Waals surface area contributed by atoms with Crippen molar-refractivity contribution in [2.75, 3.05) is 11.9 Å². The molecule has 1 aromatic carbocycles. The SMILES string of the molecule is Cc1ccc(NC(=O)N2CCCC2C(C)C)cc1C(=O)O. The van der Waals surface area contributed by atoms with Crippen LogP contribution in [0.5, 0.6) is 0 Å². The smallest absolute Gasteiger partial charge is 0.336 e. The summed E-state index contributed by atoms with van der Waals surface area (Å²) in [5.41, 5.74) is 1.42. The van der Waals surface area contributed by atoms with Crippen LogP contribution in [0.2, 0.25) is 0 Å². The van der Waals surface area contributed by atoms with E-state index in [2.05, 4.69) is 19.2 Å². The molecule has 1 unspecified atom stereocenters. The molecule has 114 valence electrons. The lowest BCUT2D eigenvalue weighted by Gasteiger charge is -2.27. The summed E-state index contributed by atoms with van der Waals surface area (Å²) in [6, 6.07) is 5.07. The second kappa shape index (κ2) is 6.16. The van der Waals surface area contributed by atoms with Gasteiger partial charge in [0.25, 0.3) is 0 Å². The van der Waals surface area contributed by atoms with E-state index in [1.54, 1.807) is 19.1 Å². The van der Waals surface area contributed by atoms with Gasteiger partial charge in [0.15, 0.2) is 0 Å². The van der Waals surface area contributed by atoms with Gasteiger partial charge in [-0.15, -0.1) is 0 Å². The lowest BCUT2D eigenvalue weighted by atomic mass is 10.0. The van der Waals surface area contributed by atoms with Gasteiger partial charge >= 0.3 is 12.0 Å². The zero-order valence-corrected chi connectivity index (χ0v) is 12.7. The minimum absolute atomic E-state index is 0.147. The Morgan fingerprint density at radius 2 is 2.10 bits per heavy atom. The molecule has 1 saturated heterocycles. The number of anilines is 1. The first kappa shape index (κ1) is 15.4. The van der Waals surface area contributed by atoms with Gasteiger partial charge in [0.1, 0.15) is 0 Å². The molecule has 1 aliphatic heterocycles. The van der Waals surface area contributed by atoms with E-state index in [0.717, 1.165) is 19.4 Å². The van der Waals surface area contributed by atoms with Crippen LogP contribution in [0.3, 0.4) is 0 Å². The summed E-state index contributed by atoms with van der Waals surface area (Å²) in [5.74, 6) is -0.560. The maximum atomic E-state index is 12.4. The number of nitrogens with one attached hydrogen (secondary N) is 1. The van der Waals surface area contributed by atoms with Crippen LogP contribution < -0.4 is 5.32 Å². The quantitative estimate of drug-likeness (QED) is 0.897. The molecule has 0 spiro atoms. The fraction of sp³-hybridized carbons (Fsp3) is 0.500. The van der Waals surface area contributed by atoms with E-state index in [0.29, 0.717) is 17.2 Å². The highest BCUT2D eigenvalue weighted by Crippen LogP contribution is 2.25. The minimum Gasteiger partial charge on any atom is -0.478 e. The molecule has 2 N–H and O–H groups in total. The summed E-state index contributed by atoms with van der Waals surface area (Å²) >= 11 is 0. The van der Waals surface area contributed by atoms with Gasteiger partial charge in [-0.3, -0.25) is 0 Å². The Kier molecular flexibility index (Phi) is 4.50. The van der Waals surface area contributed by atoms with E-state index < -0.39 is 5.97 Å². The van der Waals surface area contributed by atoms with Crippen molar-refractivity contribution < 1.29 is 14.7 Å². The Morgan fingerprint density at radius 3 is 2.71 bits per heavy atom. The zero-order chi connectivity index (χ0) is 15.6. The molecule has 1 heterocycles. The Labute approximate surface area is 125 Å². The lowest BCUT2D eigenvalue weighted by molar-refractivity contribution is 0.0696. The van der Waals surface area contributed by atoms with E-state index in [9.17, 15) is 9.59 Å². The van der Waals surface area contributed by atoms with Crippen molar-refractivity contribution in [1.29, 1.82) is 0 Å². The second-order valence-corrected chi connectivity index (χ2v) is 5.91. The van der Waals surface area contributed by atoms with Gasteiger partial charge in [-0.05, 0) is 43.4 Å². The number of hydrogen-bond acceptors (Lipinski definition) is 2. The van der Waals surface area contributed by atoms with Gasteiger partial charge < -0.3 is 15.3 Å². The van der Waals surface area contributed by atoms with Gasteiger partial charge in [0.05, 0.1) is 5.56 Å². The Hall–Kier alpha value is -2.04.